The fourth-order valence-electron chi connectivity index (χ4n) is 2.93. The van der Waals surface area contributed by atoms with E-state index >= 15 is 0 Å². The Morgan fingerprint density at radius 2 is 1.68 bits per heavy atom. The molecule has 0 aliphatic carbocycles. The van der Waals surface area contributed by atoms with Crippen LogP contribution >= 0.6 is 11.8 Å². The maximum Gasteiger partial charge on any atom is 0.173 e. The predicted octanol–water partition coefficient (Wildman–Crippen LogP) is 4.92. The molecule has 0 N–H and O–H groups in total. The molecule has 0 atom stereocenters. The molecule has 2 aromatic rings. The molecule has 1 saturated heterocycles. The first-order chi connectivity index (χ1) is 13.4. The summed E-state index contributed by atoms with van der Waals surface area (Å²) in [6.07, 6.45) is 0. The average Bonchev–Trinajstić information content (AvgIpc) is 2.71. The molecule has 28 heavy (non-hydrogen) atoms. The third-order valence-electron chi connectivity index (χ3n) is 4.67. The van der Waals surface area contributed by atoms with Crippen LogP contribution in [0, 0.1) is 0 Å². The van der Waals surface area contributed by atoms with Gasteiger partial charge in [0.1, 0.15) is 0 Å². The number of ketones is 1. The third kappa shape index (κ3) is 5.69. The summed E-state index contributed by atoms with van der Waals surface area (Å²) in [5, 5.41) is 0.883. The minimum absolute atomic E-state index is 0.0855. The maximum atomic E-state index is 12.7. The number of carbonyl (C=O) groups excluding carboxylic acids is 1. The van der Waals surface area contributed by atoms with E-state index in [-0.39, 0.29) is 11.2 Å². The van der Waals surface area contributed by atoms with E-state index in [1.54, 1.807) is 0 Å². The summed E-state index contributed by atoms with van der Waals surface area (Å²) in [5.74, 6) is 0.497. The van der Waals surface area contributed by atoms with Crippen LogP contribution in [0.25, 0.3) is 0 Å². The van der Waals surface area contributed by atoms with E-state index in [0.717, 1.165) is 29.5 Å². The lowest BCUT2D eigenvalue weighted by atomic mass is 9.86. The molecule has 0 radical (unpaired) electrons. The zero-order chi connectivity index (χ0) is 20.0. The molecule has 4 nitrogen and oxygen atoms in total. The lowest BCUT2D eigenvalue weighted by Crippen LogP contribution is -2.39. The summed E-state index contributed by atoms with van der Waals surface area (Å²) < 4.78 is 5.46. The Kier molecular flexibility index (Phi) is 6.92. The summed E-state index contributed by atoms with van der Waals surface area (Å²) in [7, 11) is 0. The Balaban J connectivity index is 1.70. The summed E-state index contributed by atoms with van der Waals surface area (Å²) in [6, 6.07) is 17.9. The van der Waals surface area contributed by atoms with Crippen molar-refractivity contribution in [1.29, 1.82) is 0 Å². The van der Waals surface area contributed by atoms with Crippen LogP contribution in [0.4, 0.5) is 5.69 Å². The van der Waals surface area contributed by atoms with Crippen molar-refractivity contribution in [2.75, 3.05) is 32.1 Å². The van der Waals surface area contributed by atoms with Gasteiger partial charge in [-0.25, -0.2) is 4.99 Å². The number of thioether (sulfide) groups is 1. The molecule has 148 valence electrons. The highest BCUT2D eigenvalue weighted by molar-refractivity contribution is 8.14. The number of aliphatic imine (C=N–C) groups is 1. The molecule has 1 aliphatic heterocycles. The summed E-state index contributed by atoms with van der Waals surface area (Å²) in [4.78, 5) is 19.7. The number of benzene rings is 2. The highest BCUT2D eigenvalue weighted by Crippen LogP contribution is 2.23. The van der Waals surface area contributed by atoms with E-state index in [2.05, 4.69) is 37.8 Å². The normalized spacial score (nSPS) is 15.5. The minimum atomic E-state index is 0.0855. The van der Waals surface area contributed by atoms with Crippen LogP contribution in [0.5, 0.6) is 0 Å². The Bertz CT molecular complexity index is 805. The smallest absolute Gasteiger partial charge is 0.173 e. The molecule has 1 fully saturated rings. The standard InChI is InChI=1S/C23H28N2O2S/c1-23(2,3)19-11-9-18(10-12-19)21(26)17-28-22(25-13-15-27-16-14-25)24-20-7-5-4-6-8-20/h4-12H,13-17H2,1-3H3. The average molecular weight is 397 g/mol. The zero-order valence-corrected chi connectivity index (χ0v) is 17.7. The molecule has 0 amide bonds. The van der Waals surface area contributed by atoms with Crippen LogP contribution in [0.1, 0.15) is 36.7 Å². The molecular weight excluding hydrogens is 368 g/mol. The van der Waals surface area contributed by atoms with Crippen LogP contribution < -0.4 is 0 Å². The topological polar surface area (TPSA) is 41.9 Å². The summed E-state index contributed by atoms with van der Waals surface area (Å²) in [5.41, 5.74) is 2.97. The van der Waals surface area contributed by atoms with Gasteiger partial charge in [-0.2, -0.15) is 0 Å². The third-order valence-corrected chi connectivity index (χ3v) is 5.68. The van der Waals surface area contributed by atoms with E-state index in [9.17, 15) is 4.79 Å². The van der Waals surface area contributed by atoms with E-state index < -0.39 is 0 Å². The molecule has 0 aromatic heterocycles. The fourth-order valence-corrected chi connectivity index (χ4v) is 3.89. The van der Waals surface area contributed by atoms with Crippen LogP contribution in [-0.4, -0.2) is 47.9 Å². The van der Waals surface area contributed by atoms with E-state index in [0.29, 0.717) is 19.0 Å². The number of hydrogen-bond acceptors (Lipinski definition) is 4. The predicted molar refractivity (Wildman–Crippen MR) is 118 cm³/mol. The van der Waals surface area contributed by atoms with Crippen molar-refractivity contribution in [3.05, 3.63) is 65.7 Å². The largest absolute Gasteiger partial charge is 0.378 e. The van der Waals surface area contributed by atoms with Gasteiger partial charge in [0.05, 0.1) is 24.7 Å². The number of ether oxygens (including phenoxy) is 1. The SMILES string of the molecule is CC(C)(C)c1ccc(C(=O)CSC(=Nc2ccccc2)N2CCOCC2)cc1. The van der Waals surface area contributed by atoms with Gasteiger partial charge in [-0.05, 0) is 23.1 Å². The van der Waals surface area contributed by atoms with Gasteiger partial charge in [0.2, 0.25) is 0 Å². The van der Waals surface area contributed by atoms with Crippen molar-refractivity contribution in [1.82, 2.24) is 4.90 Å². The Morgan fingerprint density at radius 1 is 1.04 bits per heavy atom. The number of hydrogen-bond donors (Lipinski definition) is 0. The molecule has 3 rings (SSSR count). The van der Waals surface area contributed by atoms with E-state index in [1.165, 1.54) is 17.3 Å². The van der Waals surface area contributed by atoms with Gasteiger partial charge in [0, 0.05) is 18.7 Å². The lowest BCUT2D eigenvalue weighted by molar-refractivity contribution is 0.0694. The lowest BCUT2D eigenvalue weighted by Gasteiger charge is -2.29. The number of amidine groups is 1. The highest BCUT2D eigenvalue weighted by atomic mass is 32.2. The molecule has 5 heteroatoms. The Labute approximate surface area is 172 Å². The molecule has 1 aliphatic rings. The second-order valence-corrected chi connectivity index (χ2v) is 8.81. The van der Waals surface area contributed by atoms with Crippen molar-refractivity contribution in [2.45, 2.75) is 26.2 Å². The molecule has 2 aromatic carbocycles. The van der Waals surface area contributed by atoms with Crippen molar-refractivity contribution in [2.24, 2.45) is 4.99 Å². The van der Waals surface area contributed by atoms with Crippen LogP contribution in [0.2, 0.25) is 0 Å². The molecular formula is C23H28N2O2S. The molecule has 0 unspecified atom stereocenters. The number of para-hydroxylation sites is 1. The van der Waals surface area contributed by atoms with Crippen molar-refractivity contribution in [3.63, 3.8) is 0 Å². The first-order valence-electron chi connectivity index (χ1n) is 9.66. The van der Waals surface area contributed by atoms with Gasteiger partial charge in [-0.3, -0.25) is 4.79 Å². The van der Waals surface area contributed by atoms with Crippen molar-refractivity contribution >= 4 is 28.4 Å². The molecule has 0 bridgehead atoms. The van der Waals surface area contributed by atoms with Gasteiger partial charge < -0.3 is 9.64 Å². The van der Waals surface area contributed by atoms with E-state index in [1.807, 2.05) is 42.5 Å². The van der Waals surface area contributed by atoms with Gasteiger partial charge in [0.15, 0.2) is 11.0 Å². The first kappa shape index (κ1) is 20.6. The van der Waals surface area contributed by atoms with E-state index in [4.69, 9.17) is 9.73 Å². The number of nitrogens with zero attached hydrogens (tertiary/aromatic N) is 2. The van der Waals surface area contributed by atoms with Gasteiger partial charge in [0.25, 0.3) is 0 Å². The van der Waals surface area contributed by atoms with Gasteiger partial charge in [-0.15, -0.1) is 0 Å². The van der Waals surface area contributed by atoms with Crippen LogP contribution in [0.15, 0.2) is 59.6 Å². The molecule has 0 saturated carbocycles. The zero-order valence-electron chi connectivity index (χ0n) is 16.9. The molecule has 1 heterocycles. The second-order valence-electron chi connectivity index (χ2n) is 7.87. The minimum Gasteiger partial charge on any atom is -0.378 e. The maximum absolute atomic E-state index is 12.7. The summed E-state index contributed by atoms with van der Waals surface area (Å²) in [6.45, 7) is 9.50. The van der Waals surface area contributed by atoms with Crippen molar-refractivity contribution in [3.8, 4) is 0 Å². The first-order valence-corrected chi connectivity index (χ1v) is 10.6. The molecule has 0 spiro atoms. The quantitative estimate of drug-likeness (QED) is 0.418. The highest BCUT2D eigenvalue weighted by Gasteiger charge is 2.19. The second kappa shape index (κ2) is 9.39. The summed E-state index contributed by atoms with van der Waals surface area (Å²) >= 11 is 1.51. The van der Waals surface area contributed by atoms with Crippen LogP contribution in [-0.2, 0) is 10.2 Å². The van der Waals surface area contributed by atoms with Crippen molar-refractivity contribution < 1.29 is 9.53 Å². The monoisotopic (exact) mass is 396 g/mol. The Hall–Kier alpha value is -2.11. The number of carbonyl (C=O) groups is 1. The number of Topliss-reactive ketones (excluding diaryl/α,β-unsaturated/α-hetero) is 1. The van der Waals surface area contributed by atoms with Crippen LogP contribution in [0.3, 0.4) is 0 Å². The number of morpholine rings is 1. The van der Waals surface area contributed by atoms with Gasteiger partial charge in [-0.1, -0.05) is 75.0 Å². The fraction of sp³-hybridized carbons (Fsp3) is 0.391. The number of rotatable bonds is 4. The van der Waals surface area contributed by atoms with Gasteiger partial charge >= 0.3 is 0 Å². The Morgan fingerprint density at radius 3 is 2.29 bits per heavy atom.